The summed E-state index contributed by atoms with van der Waals surface area (Å²) < 4.78 is 0. The van der Waals surface area contributed by atoms with Crippen molar-refractivity contribution >= 4 is 11.4 Å². The number of nitrogens with zero attached hydrogens (tertiary/aromatic N) is 1. The Balaban J connectivity index is 2.31. The van der Waals surface area contributed by atoms with E-state index in [0.717, 1.165) is 5.69 Å². The highest BCUT2D eigenvalue weighted by Gasteiger charge is 2.39. The Labute approximate surface area is 110 Å². The molecular weight excluding hydrogens is 220 g/mol. The molecule has 1 aromatic rings. The third kappa shape index (κ3) is 1.54. The molecule has 1 aromatic carbocycles. The van der Waals surface area contributed by atoms with Gasteiger partial charge in [-0.1, -0.05) is 27.7 Å². The second kappa shape index (κ2) is 3.43. The molecule has 0 fully saturated rings. The number of hydrogen-bond donors (Lipinski definition) is 1. The molecule has 0 saturated heterocycles. The summed E-state index contributed by atoms with van der Waals surface area (Å²) in [5.41, 5.74) is 12.0. The van der Waals surface area contributed by atoms with Crippen LogP contribution in [0.3, 0.4) is 0 Å². The van der Waals surface area contributed by atoms with Gasteiger partial charge in [-0.05, 0) is 46.9 Å². The first-order valence-electron chi connectivity index (χ1n) is 7.01. The van der Waals surface area contributed by atoms with Gasteiger partial charge in [0.1, 0.15) is 0 Å². The Morgan fingerprint density at radius 1 is 0.944 bits per heavy atom. The summed E-state index contributed by atoms with van der Waals surface area (Å²) in [6.07, 6.45) is 2.45. The van der Waals surface area contributed by atoms with Gasteiger partial charge in [-0.3, -0.25) is 0 Å². The predicted molar refractivity (Wildman–Crippen MR) is 78.4 cm³/mol. The van der Waals surface area contributed by atoms with Crippen molar-refractivity contribution in [2.24, 2.45) is 0 Å². The van der Waals surface area contributed by atoms with Gasteiger partial charge >= 0.3 is 0 Å². The summed E-state index contributed by atoms with van der Waals surface area (Å²) in [6, 6.07) is 4.40. The van der Waals surface area contributed by atoms with Gasteiger partial charge in [0, 0.05) is 24.5 Å². The van der Waals surface area contributed by atoms with Gasteiger partial charge in [0.15, 0.2) is 0 Å². The van der Waals surface area contributed by atoms with Crippen LogP contribution in [0.15, 0.2) is 12.1 Å². The molecule has 0 spiro atoms. The van der Waals surface area contributed by atoms with E-state index in [1.54, 1.807) is 0 Å². The SMILES string of the molecule is CC1(C)CCN2CCC(C)(C)c3cc(N)cc1c32. The maximum Gasteiger partial charge on any atom is 0.0443 e. The van der Waals surface area contributed by atoms with Crippen molar-refractivity contribution in [1.82, 2.24) is 0 Å². The van der Waals surface area contributed by atoms with Crippen LogP contribution in [0.1, 0.15) is 51.7 Å². The van der Waals surface area contributed by atoms with Gasteiger partial charge in [0.25, 0.3) is 0 Å². The number of nitrogens with two attached hydrogens (primary N) is 1. The van der Waals surface area contributed by atoms with Gasteiger partial charge in [0.2, 0.25) is 0 Å². The van der Waals surface area contributed by atoms with Gasteiger partial charge in [-0.15, -0.1) is 0 Å². The van der Waals surface area contributed by atoms with Crippen LogP contribution in [0.2, 0.25) is 0 Å². The van der Waals surface area contributed by atoms with E-state index in [1.807, 2.05) is 0 Å². The fraction of sp³-hybridized carbons (Fsp3) is 0.625. The highest BCUT2D eigenvalue weighted by Crippen LogP contribution is 2.49. The molecule has 0 aromatic heterocycles. The minimum Gasteiger partial charge on any atom is -0.399 e. The molecule has 18 heavy (non-hydrogen) atoms. The molecule has 2 N–H and O–H groups in total. The van der Waals surface area contributed by atoms with Crippen molar-refractivity contribution in [3.8, 4) is 0 Å². The summed E-state index contributed by atoms with van der Waals surface area (Å²) >= 11 is 0. The summed E-state index contributed by atoms with van der Waals surface area (Å²) in [6.45, 7) is 11.8. The van der Waals surface area contributed by atoms with Crippen molar-refractivity contribution in [1.29, 1.82) is 0 Å². The van der Waals surface area contributed by atoms with E-state index in [2.05, 4.69) is 44.7 Å². The van der Waals surface area contributed by atoms with E-state index >= 15 is 0 Å². The first kappa shape index (κ1) is 11.9. The van der Waals surface area contributed by atoms with Crippen molar-refractivity contribution in [3.05, 3.63) is 23.3 Å². The molecule has 0 amide bonds. The maximum absolute atomic E-state index is 6.15. The minimum absolute atomic E-state index is 0.253. The minimum atomic E-state index is 0.253. The first-order valence-corrected chi connectivity index (χ1v) is 7.01. The van der Waals surface area contributed by atoms with E-state index < -0.39 is 0 Å². The molecule has 0 radical (unpaired) electrons. The number of hydrogen-bond acceptors (Lipinski definition) is 2. The zero-order chi connectivity index (χ0) is 13.1. The summed E-state index contributed by atoms with van der Waals surface area (Å²) in [4.78, 5) is 2.57. The molecule has 2 heterocycles. The highest BCUT2D eigenvalue weighted by molar-refractivity contribution is 5.71. The summed E-state index contributed by atoms with van der Waals surface area (Å²) in [5.74, 6) is 0. The Morgan fingerprint density at radius 3 is 1.83 bits per heavy atom. The molecule has 3 rings (SSSR count). The lowest BCUT2D eigenvalue weighted by atomic mass is 9.69. The summed E-state index contributed by atoms with van der Waals surface area (Å²) in [7, 11) is 0. The fourth-order valence-corrected chi connectivity index (χ4v) is 3.46. The van der Waals surface area contributed by atoms with Gasteiger partial charge in [-0.25, -0.2) is 0 Å². The summed E-state index contributed by atoms with van der Waals surface area (Å²) in [5, 5.41) is 0. The van der Waals surface area contributed by atoms with E-state index in [0.29, 0.717) is 0 Å². The van der Waals surface area contributed by atoms with Gasteiger partial charge in [-0.2, -0.15) is 0 Å². The number of nitrogen functional groups attached to an aromatic ring is 1. The molecule has 98 valence electrons. The van der Waals surface area contributed by atoms with Crippen LogP contribution < -0.4 is 10.6 Å². The second-order valence-corrected chi connectivity index (χ2v) is 7.22. The number of rotatable bonds is 0. The molecular formula is C16H24N2. The van der Waals surface area contributed by atoms with Crippen LogP contribution >= 0.6 is 0 Å². The smallest absolute Gasteiger partial charge is 0.0443 e. The van der Waals surface area contributed by atoms with Crippen LogP contribution in [0.25, 0.3) is 0 Å². The van der Waals surface area contributed by atoms with Crippen LogP contribution in [0.4, 0.5) is 11.4 Å². The Morgan fingerprint density at radius 2 is 1.39 bits per heavy atom. The number of anilines is 2. The largest absolute Gasteiger partial charge is 0.399 e. The van der Waals surface area contributed by atoms with E-state index in [1.165, 1.54) is 42.7 Å². The molecule has 2 nitrogen and oxygen atoms in total. The lowest BCUT2D eigenvalue weighted by Gasteiger charge is -2.48. The second-order valence-electron chi connectivity index (χ2n) is 7.22. The van der Waals surface area contributed by atoms with E-state index in [-0.39, 0.29) is 10.8 Å². The quantitative estimate of drug-likeness (QED) is 0.708. The third-order valence-electron chi connectivity index (χ3n) is 4.92. The van der Waals surface area contributed by atoms with Crippen LogP contribution in [-0.4, -0.2) is 13.1 Å². The molecule has 0 bridgehead atoms. The first-order chi connectivity index (χ1) is 8.31. The third-order valence-corrected chi connectivity index (χ3v) is 4.92. The Kier molecular flexibility index (Phi) is 2.27. The maximum atomic E-state index is 6.15. The van der Waals surface area contributed by atoms with Crippen molar-refractivity contribution in [2.75, 3.05) is 23.7 Å². The average Bonchev–Trinajstić information content (AvgIpc) is 2.27. The van der Waals surface area contributed by atoms with E-state index in [9.17, 15) is 0 Å². The topological polar surface area (TPSA) is 29.3 Å². The lowest BCUT2D eigenvalue weighted by molar-refractivity contribution is 0.402. The number of benzene rings is 1. The standard InChI is InChI=1S/C16H24N2/c1-15(2)5-7-18-8-6-16(3,4)13-10-11(17)9-12(15)14(13)18/h9-10H,5-8,17H2,1-4H3. The molecule has 2 heteroatoms. The van der Waals surface area contributed by atoms with Crippen LogP contribution in [-0.2, 0) is 10.8 Å². The van der Waals surface area contributed by atoms with Crippen LogP contribution in [0, 0.1) is 0 Å². The molecule has 0 unspecified atom stereocenters. The van der Waals surface area contributed by atoms with E-state index in [4.69, 9.17) is 5.73 Å². The molecule has 2 aliphatic heterocycles. The monoisotopic (exact) mass is 244 g/mol. The molecule has 0 saturated carbocycles. The zero-order valence-corrected chi connectivity index (χ0v) is 12.0. The fourth-order valence-electron chi connectivity index (χ4n) is 3.46. The molecule has 2 aliphatic rings. The van der Waals surface area contributed by atoms with Gasteiger partial charge in [0.05, 0.1) is 0 Å². The average molecular weight is 244 g/mol. The van der Waals surface area contributed by atoms with Gasteiger partial charge < -0.3 is 10.6 Å². The normalized spacial score (nSPS) is 23.7. The van der Waals surface area contributed by atoms with Crippen molar-refractivity contribution in [2.45, 2.75) is 51.4 Å². The van der Waals surface area contributed by atoms with Crippen LogP contribution in [0.5, 0.6) is 0 Å². The molecule has 0 aliphatic carbocycles. The Hall–Kier alpha value is -1.18. The molecule has 0 atom stereocenters. The zero-order valence-electron chi connectivity index (χ0n) is 12.0. The van der Waals surface area contributed by atoms with Crippen molar-refractivity contribution < 1.29 is 0 Å². The highest BCUT2D eigenvalue weighted by atomic mass is 15.2. The van der Waals surface area contributed by atoms with Crippen molar-refractivity contribution in [3.63, 3.8) is 0 Å². The lowest BCUT2D eigenvalue weighted by Crippen LogP contribution is -2.44. The predicted octanol–water partition coefficient (Wildman–Crippen LogP) is 3.44. The Bertz CT molecular complexity index is 459.